The van der Waals surface area contributed by atoms with Crippen LogP contribution in [0, 0.1) is 0 Å². The smallest absolute Gasteiger partial charge is 0.305 e. The van der Waals surface area contributed by atoms with Crippen LogP contribution in [-0.2, 0) is 14.6 Å². The molecule has 1 aromatic carbocycles. The highest BCUT2D eigenvalue weighted by molar-refractivity contribution is 7.90. The predicted molar refractivity (Wildman–Crippen MR) is 75.9 cm³/mol. The van der Waals surface area contributed by atoms with Gasteiger partial charge in [0.05, 0.1) is 16.9 Å². The van der Waals surface area contributed by atoms with Gasteiger partial charge in [0.1, 0.15) is 0 Å². The SMILES string of the molecule is CS(=O)(=O)c1ccc(C(=O)NC2(CC(=O)O)CCC2)cc1. The van der Waals surface area contributed by atoms with Crippen molar-refractivity contribution >= 4 is 21.7 Å². The number of amides is 1. The van der Waals surface area contributed by atoms with Gasteiger partial charge >= 0.3 is 5.97 Å². The zero-order chi connectivity index (χ0) is 15.7. The van der Waals surface area contributed by atoms with Crippen LogP contribution in [-0.4, -0.2) is 37.2 Å². The van der Waals surface area contributed by atoms with E-state index in [4.69, 9.17) is 5.11 Å². The summed E-state index contributed by atoms with van der Waals surface area (Å²) in [6.45, 7) is 0. The molecule has 0 unspecified atom stereocenters. The molecule has 114 valence electrons. The molecule has 6 nitrogen and oxygen atoms in total. The van der Waals surface area contributed by atoms with Gasteiger partial charge in [0.2, 0.25) is 0 Å². The highest BCUT2D eigenvalue weighted by Gasteiger charge is 2.40. The number of nitrogens with one attached hydrogen (secondary N) is 1. The van der Waals surface area contributed by atoms with Crippen molar-refractivity contribution < 1.29 is 23.1 Å². The third-order valence-electron chi connectivity index (χ3n) is 3.72. The van der Waals surface area contributed by atoms with Crippen LogP contribution in [0.3, 0.4) is 0 Å². The molecule has 0 radical (unpaired) electrons. The summed E-state index contributed by atoms with van der Waals surface area (Å²) in [6, 6.07) is 5.60. The van der Waals surface area contributed by atoms with Gasteiger partial charge in [-0.1, -0.05) is 0 Å². The average molecular weight is 311 g/mol. The fourth-order valence-corrected chi connectivity index (χ4v) is 3.04. The van der Waals surface area contributed by atoms with Crippen LogP contribution in [0.15, 0.2) is 29.2 Å². The summed E-state index contributed by atoms with van der Waals surface area (Å²) < 4.78 is 22.7. The summed E-state index contributed by atoms with van der Waals surface area (Å²) >= 11 is 0. The number of sulfone groups is 1. The van der Waals surface area contributed by atoms with E-state index in [0.29, 0.717) is 18.4 Å². The summed E-state index contributed by atoms with van der Waals surface area (Å²) in [4.78, 5) is 23.1. The molecule has 2 rings (SSSR count). The van der Waals surface area contributed by atoms with Crippen LogP contribution in [0.5, 0.6) is 0 Å². The summed E-state index contributed by atoms with van der Waals surface area (Å²) in [6.07, 6.45) is 3.18. The summed E-state index contributed by atoms with van der Waals surface area (Å²) in [5.41, 5.74) is -0.350. The number of hydrogen-bond donors (Lipinski definition) is 2. The maximum Gasteiger partial charge on any atom is 0.305 e. The second-order valence-corrected chi connectivity index (χ2v) is 7.47. The first-order valence-electron chi connectivity index (χ1n) is 6.56. The van der Waals surface area contributed by atoms with Crippen molar-refractivity contribution in [2.75, 3.05) is 6.26 Å². The number of carbonyl (C=O) groups excluding carboxylic acids is 1. The zero-order valence-corrected chi connectivity index (χ0v) is 12.4. The molecule has 1 amide bonds. The lowest BCUT2D eigenvalue weighted by Gasteiger charge is -2.41. The van der Waals surface area contributed by atoms with Crippen LogP contribution in [0.1, 0.15) is 36.0 Å². The fraction of sp³-hybridized carbons (Fsp3) is 0.429. The van der Waals surface area contributed by atoms with Crippen LogP contribution >= 0.6 is 0 Å². The largest absolute Gasteiger partial charge is 0.481 e. The van der Waals surface area contributed by atoms with Crippen LogP contribution < -0.4 is 5.32 Å². The Morgan fingerprint density at radius 1 is 1.24 bits per heavy atom. The molecule has 0 spiro atoms. The Labute approximate surface area is 123 Å². The number of carbonyl (C=O) groups is 2. The minimum absolute atomic E-state index is 0.0971. The second kappa shape index (κ2) is 5.48. The molecule has 21 heavy (non-hydrogen) atoms. The molecule has 1 aliphatic rings. The van der Waals surface area contributed by atoms with E-state index in [2.05, 4.69) is 5.32 Å². The van der Waals surface area contributed by atoms with Gasteiger partial charge in [-0.05, 0) is 43.5 Å². The fourth-order valence-electron chi connectivity index (χ4n) is 2.41. The van der Waals surface area contributed by atoms with E-state index >= 15 is 0 Å². The number of carboxylic acid groups (broad SMARTS) is 1. The molecular formula is C14H17NO5S. The molecule has 7 heteroatoms. The van der Waals surface area contributed by atoms with Crippen molar-refractivity contribution in [1.29, 1.82) is 0 Å². The number of benzene rings is 1. The van der Waals surface area contributed by atoms with E-state index in [-0.39, 0.29) is 17.2 Å². The van der Waals surface area contributed by atoms with E-state index in [1.807, 2.05) is 0 Å². The molecule has 2 N–H and O–H groups in total. The summed E-state index contributed by atoms with van der Waals surface area (Å²) in [5, 5.41) is 11.7. The van der Waals surface area contributed by atoms with E-state index < -0.39 is 21.3 Å². The molecule has 1 saturated carbocycles. The lowest BCUT2D eigenvalue weighted by Crippen LogP contribution is -2.54. The van der Waals surface area contributed by atoms with E-state index in [0.717, 1.165) is 12.7 Å². The summed E-state index contributed by atoms with van der Waals surface area (Å²) in [5.74, 6) is -1.32. The van der Waals surface area contributed by atoms with Gasteiger partial charge in [0.25, 0.3) is 5.91 Å². The molecule has 1 aromatic rings. The third kappa shape index (κ3) is 3.60. The second-order valence-electron chi connectivity index (χ2n) is 5.46. The highest BCUT2D eigenvalue weighted by Crippen LogP contribution is 2.35. The van der Waals surface area contributed by atoms with Gasteiger partial charge in [-0.3, -0.25) is 9.59 Å². The highest BCUT2D eigenvalue weighted by atomic mass is 32.2. The minimum Gasteiger partial charge on any atom is -0.481 e. The van der Waals surface area contributed by atoms with Crippen molar-refractivity contribution in [3.63, 3.8) is 0 Å². The van der Waals surface area contributed by atoms with Gasteiger partial charge in [0.15, 0.2) is 9.84 Å². The first-order valence-corrected chi connectivity index (χ1v) is 8.45. The van der Waals surface area contributed by atoms with Gasteiger partial charge in [-0.25, -0.2) is 8.42 Å². The molecule has 0 atom stereocenters. The Morgan fingerprint density at radius 2 is 1.81 bits per heavy atom. The van der Waals surface area contributed by atoms with Gasteiger partial charge in [-0.2, -0.15) is 0 Å². The molecular weight excluding hydrogens is 294 g/mol. The lowest BCUT2D eigenvalue weighted by molar-refractivity contribution is -0.139. The first-order chi connectivity index (χ1) is 9.72. The maximum atomic E-state index is 12.1. The Hall–Kier alpha value is -1.89. The van der Waals surface area contributed by atoms with Crippen LogP contribution in [0.4, 0.5) is 0 Å². The number of aliphatic carboxylic acids is 1. The van der Waals surface area contributed by atoms with Crippen LogP contribution in [0.25, 0.3) is 0 Å². The quantitative estimate of drug-likeness (QED) is 0.851. The number of rotatable bonds is 5. The molecule has 0 heterocycles. The number of carboxylic acids is 1. The molecule has 0 saturated heterocycles. The maximum absolute atomic E-state index is 12.1. The molecule has 1 fully saturated rings. The predicted octanol–water partition coefficient (Wildman–Crippen LogP) is 1.22. The molecule has 0 aromatic heterocycles. The number of hydrogen-bond acceptors (Lipinski definition) is 4. The molecule has 0 bridgehead atoms. The van der Waals surface area contributed by atoms with Crippen molar-refractivity contribution in [3.05, 3.63) is 29.8 Å². The van der Waals surface area contributed by atoms with Crippen molar-refractivity contribution in [3.8, 4) is 0 Å². The lowest BCUT2D eigenvalue weighted by atomic mass is 9.74. The van der Waals surface area contributed by atoms with Gasteiger partial charge < -0.3 is 10.4 Å². The zero-order valence-electron chi connectivity index (χ0n) is 11.6. The van der Waals surface area contributed by atoms with Crippen molar-refractivity contribution in [1.82, 2.24) is 5.32 Å². The summed E-state index contributed by atoms with van der Waals surface area (Å²) in [7, 11) is -3.30. The topological polar surface area (TPSA) is 101 Å². The van der Waals surface area contributed by atoms with E-state index in [9.17, 15) is 18.0 Å². The van der Waals surface area contributed by atoms with E-state index in [1.54, 1.807) is 0 Å². The Balaban J connectivity index is 2.11. The van der Waals surface area contributed by atoms with E-state index in [1.165, 1.54) is 24.3 Å². The van der Waals surface area contributed by atoms with Crippen LogP contribution in [0.2, 0.25) is 0 Å². The normalized spacial score (nSPS) is 16.8. The van der Waals surface area contributed by atoms with Gasteiger partial charge in [0, 0.05) is 11.8 Å². The standard InChI is InChI=1S/C14H17NO5S/c1-21(19,20)11-5-3-10(4-6-11)13(18)15-14(7-2-8-14)9-12(16)17/h3-6H,2,7-9H2,1H3,(H,15,18)(H,16,17). The van der Waals surface area contributed by atoms with Crippen molar-refractivity contribution in [2.45, 2.75) is 36.1 Å². The molecule has 0 aliphatic heterocycles. The molecule has 1 aliphatic carbocycles. The monoisotopic (exact) mass is 311 g/mol. The third-order valence-corrected chi connectivity index (χ3v) is 4.85. The Morgan fingerprint density at radius 3 is 2.19 bits per heavy atom. The van der Waals surface area contributed by atoms with Crippen molar-refractivity contribution in [2.24, 2.45) is 0 Å². The minimum atomic E-state index is -3.30. The average Bonchev–Trinajstić information content (AvgIpc) is 2.34. The Kier molecular flexibility index (Phi) is 4.04. The van der Waals surface area contributed by atoms with Gasteiger partial charge in [-0.15, -0.1) is 0 Å². The first kappa shape index (κ1) is 15.5. The Bertz CT molecular complexity index is 659.